The largest absolute Gasteiger partial charge is 0.372 e. The lowest BCUT2D eigenvalue weighted by Crippen LogP contribution is -2.57. The molecule has 1 spiro atoms. The molecule has 5 nitrogen and oxygen atoms in total. The molecule has 1 amide bonds. The van der Waals surface area contributed by atoms with Crippen LogP contribution in [-0.4, -0.2) is 55.7 Å². The lowest BCUT2D eigenvalue weighted by Gasteiger charge is -2.45. The number of hydrogen-bond donors (Lipinski definition) is 2. The number of benzene rings is 1. The van der Waals surface area contributed by atoms with E-state index in [0.29, 0.717) is 6.54 Å². The quantitative estimate of drug-likeness (QED) is 0.790. The van der Waals surface area contributed by atoms with Gasteiger partial charge in [-0.05, 0) is 57.8 Å². The van der Waals surface area contributed by atoms with E-state index in [2.05, 4.69) is 54.5 Å². The molecular formula is C20H33Cl2N3O2. The SMILES string of the molecule is Cc1ccc(C)c(C(C)NC(=O)CN2CCOC3(CCNCC3)C2)c1.Cl.Cl. The van der Waals surface area contributed by atoms with Crippen LogP contribution in [0.25, 0.3) is 0 Å². The molecule has 154 valence electrons. The summed E-state index contributed by atoms with van der Waals surface area (Å²) in [6.45, 7) is 11.1. The molecule has 2 saturated heterocycles. The molecule has 0 radical (unpaired) electrons. The van der Waals surface area contributed by atoms with E-state index in [1.807, 2.05) is 0 Å². The molecule has 2 heterocycles. The summed E-state index contributed by atoms with van der Waals surface area (Å²) in [6.07, 6.45) is 2.06. The molecule has 7 heteroatoms. The van der Waals surface area contributed by atoms with E-state index in [9.17, 15) is 4.79 Å². The average molecular weight is 418 g/mol. The van der Waals surface area contributed by atoms with Gasteiger partial charge in [0.2, 0.25) is 5.91 Å². The molecule has 1 aromatic carbocycles. The van der Waals surface area contributed by atoms with Gasteiger partial charge in [-0.1, -0.05) is 23.8 Å². The number of hydrogen-bond acceptors (Lipinski definition) is 4. The second kappa shape index (κ2) is 10.6. The van der Waals surface area contributed by atoms with Gasteiger partial charge in [-0.25, -0.2) is 0 Å². The number of ether oxygens (including phenoxy) is 1. The first-order chi connectivity index (χ1) is 12.0. The van der Waals surface area contributed by atoms with Gasteiger partial charge in [-0.3, -0.25) is 9.69 Å². The zero-order valence-electron chi connectivity index (χ0n) is 16.5. The number of piperidine rings is 1. The maximum absolute atomic E-state index is 12.6. The Morgan fingerprint density at radius 2 is 2.00 bits per heavy atom. The van der Waals surface area contributed by atoms with Crippen molar-refractivity contribution in [1.29, 1.82) is 0 Å². The van der Waals surface area contributed by atoms with Gasteiger partial charge in [0.05, 0.1) is 24.8 Å². The fourth-order valence-electron chi connectivity index (χ4n) is 4.04. The number of rotatable bonds is 4. The van der Waals surface area contributed by atoms with Crippen LogP contribution in [0.1, 0.15) is 42.5 Å². The first-order valence-corrected chi connectivity index (χ1v) is 9.41. The van der Waals surface area contributed by atoms with Gasteiger partial charge in [0, 0.05) is 13.1 Å². The zero-order valence-corrected chi connectivity index (χ0v) is 18.2. The van der Waals surface area contributed by atoms with E-state index in [4.69, 9.17) is 4.74 Å². The molecule has 1 unspecified atom stereocenters. The van der Waals surface area contributed by atoms with Crippen LogP contribution in [0.15, 0.2) is 18.2 Å². The minimum Gasteiger partial charge on any atom is -0.372 e. The molecule has 0 aromatic heterocycles. The van der Waals surface area contributed by atoms with E-state index >= 15 is 0 Å². The lowest BCUT2D eigenvalue weighted by molar-refractivity contribution is -0.136. The van der Waals surface area contributed by atoms with Gasteiger partial charge in [0.1, 0.15) is 0 Å². The third-order valence-electron chi connectivity index (χ3n) is 5.49. The van der Waals surface area contributed by atoms with E-state index < -0.39 is 0 Å². The van der Waals surface area contributed by atoms with Gasteiger partial charge in [0.15, 0.2) is 0 Å². The van der Waals surface area contributed by atoms with Gasteiger partial charge in [-0.2, -0.15) is 0 Å². The Hall–Kier alpha value is -0.850. The van der Waals surface area contributed by atoms with Crippen molar-refractivity contribution < 1.29 is 9.53 Å². The van der Waals surface area contributed by atoms with Crippen molar-refractivity contribution in [2.45, 2.75) is 45.3 Å². The average Bonchev–Trinajstić information content (AvgIpc) is 2.57. The molecule has 1 atom stereocenters. The molecule has 2 aliphatic heterocycles. The number of nitrogens with one attached hydrogen (secondary N) is 2. The first-order valence-electron chi connectivity index (χ1n) is 9.41. The summed E-state index contributed by atoms with van der Waals surface area (Å²) < 4.78 is 6.08. The maximum atomic E-state index is 12.6. The van der Waals surface area contributed by atoms with Crippen molar-refractivity contribution in [3.63, 3.8) is 0 Å². The second-order valence-corrected chi connectivity index (χ2v) is 7.64. The van der Waals surface area contributed by atoms with E-state index in [1.54, 1.807) is 0 Å². The standard InChI is InChI=1S/C20H31N3O2.2ClH/c1-15-4-5-16(2)18(12-15)17(3)22-19(24)13-23-10-11-25-20(14-23)6-8-21-9-7-20;;/h4-5,12,17,21H,6-11,13-14H2,1-3H3,(H,22,24);2*1H. The summed E-state index contributed by atoms with van der Waals surface area (Å²) in [6, 6.07) is 6.43. The van der Waals surface area contributed by atoms with Gasteiger partial charge in [0.25, 0.3) is 0 Å². The fourth-order valence-corrected chi connectivity index (χ4v) is 4.04. The van der Waals surface area contributed by atoms with E-state index in [-0.39, 0.29) is 42.4 Å². The summed E-state index contributed by atoms with van der Waals surface area (Å²) in [5.41, 5.74) is 3.59. The Labute approximate surface area is 175 Å². The van der Waals surface area contributed by atoms with Gasteiger partial charge in [-0.15, -0.1) is 24.8 Å². The minimum atomic E-state index is -0.0530. The molecule has 0 bridgehead atoms. The van der Waals surface area contributed by atoms with Crippen molar-refractivity contribution in [1.82, 2.24) is 15.5 Å². The molecule has 1 aromatic rings. The smallest absolute Gasteiger partial charge is 0.234 e. The van der Waals surface area contributed by atoms with Crippen molar-refractivity contribution in [2.75, 3.05) is 39.3 Å². The van der Waals surface area contributed by atoms with Crippen LogP contribution in [0.4, 0.5) is 0 Å². The van der Waals surface area contributed by atoms with Crippen molar-refractivity contribution in [2.24, 2.45) is 0 Å². The third kappa shape index (κ3) is 6.33. The highest BCUT2D eigenvalue weighted by molar-refractivity contribution is 5.85. The minimum absolute atomic E-state index is 0. The molecular weight excluding hydrogens is 385 g/mol. The monoisotopic (exact) mass is 417 g/mol. The Balaban J connectivity index is 0.00000182. The molecule has 27 heavy (non-hydrogen) atoms. The van der Waals surface area contributed by atoms with Crippen LogP contribution < -0.4 is 10.6 Å². The van der Waals surface area contributed by atoms with Crippen molar-refractivity contribution in [3.05, 3.63) is 34.9 Å². The number of halogens is 2. The summed E-state index contributed by atoms with van der Waals surface area (Å²) >= 11 is 0. The Morgan fingerprint density at radius 3 is 2.70 bits per heavy atom. The molecule has 0 saturated carbocycles. The molecule has 2 aliphatic rings. The number of carbonyl (C=O) groups excluding carboxylic acids is 1. The topological polar surface area (TPSA) is 53.6 Å². The van der Waals surface area contributed by atoms with Crippen LogP contribution in [0, 0.1) is 13.8 Å². The summed E-state index contributed by atoms with van der Waals surface area (Å²) in [4.78, 5) is 14.8. The van der Waals surface area contributed by atoms with E-state index in [0.717, 1.165) is 45.6 Å². The van der Waals surface area contributed by atoms with Crippen LogP contribution >= 0.6 is 24.8 Å². The highest BCUT2D eigenvalue weighted by atomic mass is 35.5. The lowest BCUT2D eigenvalue weighted by atomic mass is 9.90. The summed E-state index contributed by atoms with van der Waals surface area (Å²) in [5.74, 6) is 0.0967. The highest BCUT2D eigenvalue weighted by Crippen LogP contribution is 2.27. The number of amides is 1. The second-order valence-electron chi connectivity index (χ2n) is 7.64. The van der Waals surface area contributed by atoms with Gasteiger partial charge < -0.3 is 15.4 Å². The zero-order chi connectivity index (χ0) is 17.9. The summed E-state index contributed by atoms with van der Waals surface area (Å²) in [7, 11) is 0. The third-order valence-corrected chi connectivity index (χ3v) is 5.49. The predicted molar refractivity (Wildman–Crippen MR) is 114 cm³/mol. The number of nitrogens with zero attached hydrogens (tertiary/aromatic N) is 1. The van der Waals surface area contributed by atoms with Crippen molar-refractivity contribution >= 4 is 30.7 Å². The molecule has 0 aliphatic carbocycles. The van der Waals surface area contributed by atoms with Crippen LogP contribution in [-0.2, 0) is 9.53 Å². The predicted octanol–water partition coefficient (Wildman–Crippen LogP) is 2.78. The summed E-state index contributed by atoms with van der Waals surface area (Å²) in [5, 5.41) is 6.56. The fraction of sp³-hybridized carbons (Fsp3) is 0.650. The van der Waals surface area contributed by atoms with E-state index in [1.165, 1.54) is 16.7 Å². The first kappa shape index (κ1) is 24.2. The van der Waals surface area contributed by atoms with Crippen LogP contribution in [0.3, 0.4) is 0 Å². The normalized spacial score (nSPS) is 20.3. The molecule has 2 fully saturated rings. The number of carbonyl (C=O) groups is 1. The van der Waals surface area contributed by atoms with Crippen molar-refractivity contribution in [3.8, 4) is 0 Å². The molecule has 2 N–H and O–H groups in total. The van der Waals surface area contributed by atoms with Crippen LogP contribution in [0.2, 0.25) is 0 Å². The Morgan fingerprint density at radius 1 is 1.30 bits per heavy atom. The van der Waals surface area contributed by atoms with Gasteiger partial charge >= 0.3 is 0 Å². The molecule has 3 rings (SSSR count). The van der Waals surface area contributed by atoms with Crippen LogP contribution in [0.5, 0.6) is 0 Å². The Bertz CT molecular complexity index is 616. The highest BCUT2D eigenvalue weighted by Gasteiger charge is 2.38. The maximum Gasteiger partial charge on any atom is 0.234 e. The number of morpholine rings is 1. The number of aryl methyl sites for hydroxylation is 2. The Kier molecular flexibility index (Phi) is 9.52.